The third-order valence-electron chi connectivity index (χ3n) is 4.45. The van der Waals surface area contributed by atoms with Crippen LogP contribution in [0.1, 0.15) is 24.0 Å². The molecule has 1 fully saturated rings. The quantitative estimate of drug-likeness (QED) is 0.412. The fourth-order valence-corrected chi connectivity index (χ4v) is 3.56. The summed E-state index contributed by atoms with van der Waals surface area (Å²) in [5.41, 5.74) is 2.43. The van der Waals surface area contributed by atoms with E-state index in [1.165, 1.54) is 11.6 Å². The van der Waals surface area contributed by atoms with Crippen molar-refractivity contribution in [2.75, 3.05) is 20.6 Å². The van der Waals surface area contributed by atoms with Gasteiger partial charge in [0.05, 0.1) is 0 Å². The highest BCUT2D eigenvalue weighted by atomic mass is 127. The number of halogens is 2. The molecule has 0 aliphatic heterocycles. The van der Waals surface area contributed by atoms with Gasteiger partial charge in [0.2, 0.25) is 0 Å². The van der Waals surface area contributed by atoms with Crippen LogP contribution in [0.4, 0.5) is 4.39 Å². The van der Waals surface area contributed by atoms with Crippen molar-refractivity contribution < 1.29 is 4.39 Å². The molecule has 1 saturated carbocycles. The highest BCUT2D eigenvalue weighted by Gasteiger charge is 2.44. The van der Waals surface area contributed by atoms with Crippen molar-refractivity contribution in [3.8, 4) is 0 Å². The molecule has 1 N–H and O–H groups in total. The van der Waals surface area contributed by atoms with Crippen molar-refractivity contribution in [2.45, 2.75) is 24.8 Å². The molecule has 1 aliphatic rings. The highest BCUT2D eigenvalue weighted by Crippen LogP contribution is 2.47. The lowest BCUT2D eigenvalue weighted by molar-refractivity contribution is 0.470. The van der Waals surface area contributed by atoms with Crippen molar-refractivity contribution in [2.24, 2.45) is 4.99 Å². The molecule has 2 aromatic rings. The summed E-state index contributed by atoms with van der Waals surface area (Å²) in [4.78, 5) is 6.49. The number of hydrogen-bond acceptors (Lipinski definition) is 2. The second kappa shape index (κ2) is 8.29. The number of guanidine groups is 1. The van der Waals surface area contributed by atoms with E-state index in [2.05, 4.69) is 32.0 Å². The molecule has 1 aromatic carbocycles. The van der Waals surface area contributed by atoms with Gasteiger partial charge in [-0.1, -0.05) is 12.1 Å². The van der Waals surface area contributed by atoms with Crippen molar-refractivity contribution in [3.05, 3.63) is 58.0 Å². The minimum Gasteiger partial charge on any atom is -0.355 e. The summed E-state index contributed by atoms with van der Waals surface area (Å²) >= 11 is 1.70. The molecule has 0 atom stereocenters. The summed E-state index contributed by atoms with van der Waals surface area (Å²) in [5, 5.41) is 7.70. The average molecular weight is 459 g/mol. The third kappa shape index (κ3) is 4.47. The molecule has 3 nitrogen and oxygen atoms in total. The molecule has 1 aliphatic carbocycles. The maximum Gasteiger partial charge on any atom is 0.193 e. The summed E-state index contributed by atoms with van der Waals surface area (Å²) in [6.45, 7) is 1.62. The van der Waals surface area contributed by atoms with Crippen molar-refractivity contribution >= 4 is 41.3 Å². The average Bonchev–Trinajstić information content (AvgIpc) is 3.16. The Morgan fingerprint density at radius 2 is 2.17 bits per heavy atom. The first-order chi connectivity index (χ1) is 11.1. The van der Waals surface area contributed by atoms with E-state index in [-0.39, 0.29) is 35.2 Å². The SMILES string of the molecule is CN=C(NCC1(c2cccc(F)c2)CC1)N(C)Cc1ccsc1.I. The molecule has 130 valence electrons. The Kier molecular flexibility index (Phi) is 6.62. The van der Waals surface area contributed by atoms with E-state index in [1.807, 2.05) is 13.1 Å². The minimum absolute atomic E-state index is 0. The van der Waals surface area contributed by atoms with Crippen LogP contribution in [-0.4, -0.2) is 31.5 Å². The van der Waals surface area contributed by atoms with Crippen LogP contribution in [-0.2, 0) is 12.0 Å². The van der Waals surface area contributed by atoms with Gasteiger partial charge in [-0.25, -0.2) is 4.39 Å². The highest BCUT2D eigenvalue weighted by molar-refractivity contribution is 14.0. The van der Waals surface area contributed by atoms with E-state index >= 15 is 0 Å². The van der Waals surface area contributed by atoms with E-state index in [4.69, 9.17) is 0 Å². The van der Waals surface area contributed by atoms with Gasteiger partial charge >= 0.3 is 0 Å². The summed E-state index contributed by atoms with van der Waals surface area (Å²) in [5.74, 6) is 0.714. The lowest BCUT2D eigenvalue weighted by atomic mass is 9.96. The molecule has 0 unspecified atom stereocenters. The predicted octanol–water partition coefficient (Wildman–Crippen LogP) is 4.24. The Labute approximate surface area is 164 Å². The Hall–Kier alpha value is -1.15. The smallest absolute Gasteiger partial charge is 0.193 e. The molecular formula is C18H23FIN3S. The topological polar surface area (TPSA) is 27.6 Å². The molecule has 0 bridgehead atoms. The zero-order chi connectivity index (χ0) is 16.3. The zero-order valence-electron chi connectivity index (χ0n) is 14.0. The van der Waals surface area contributed by atoms with E-state index in [0.717, 1.165) is 37.5 Å². The maximum atomic E-state index is 13.5. The second-order valence-corrected chi connectivity index (χ2v) is 6.96. The largest absolute Gasteiger partial charge is 0.355 e. The van der Waals surface area contributed by atoms with E-state index < -0.39 is 0 Å². The van der Waals surface area contributed by atoms with Gasteiger partial charge in [-0.05, 0) is 52.9 Å². The monoisotopic (exact) mass is 459 g/mol. The number of thiophene rings is 1. The molecule has 1 aromatic heterocycles. The Morgan fingerprint density at radius 1 is 1.38 bits per heavy atom. The summed E-state index contributed by atoms with van der Waals surface area (Å²) in [7, 11) is 3.84. The van der Waals surface area contributed by atoms with Crippen LogP contribution in [0.3, 0.4) is 0 Å². The first kappa shape index (κ1) is 19.2. The van der Waals surface area contributed by atoms with Gasteiger partial charge in [0.25, 0.3) is 0 Å². The molecule has 0 spiro atoms. The Balaban J connectivity index is 0.00000208. The summed E-state index contributed by atoms with van der Waals surface area (Å²) < 4.78 is 13.5. The van der Waals surface area contributed by atoms with E-state index in [0.29, 0.717) is 0 Å². The van der Waals surface area contributed by atoms with Crippen molar-refractivity contribution in [1.29, 1.82) is 0 Å². The van der Waals surface area contributed by atoms with Gasteiger partial charge in [0.1, 0.15) is 5.82 Å². The first-order valence-electron chi connectivity index (χ1n) is 7.82. The van der Waals surface area contributed by atoms with Crippen LogP contribution in [0.25, 0.3) is 0 Å². The number of rotatable bonds is 5. The molecule has 6 heteroatoms. The Bertz CT molecular complexity index is 683. The van der Waals surface area contributed by atoms with Crippen LogP contribution in [0.5, 0.6) is 0 Å². The molecule has 0 amide bonds. The predicted molar refractivity (Wildman–Crippen MR) is 110 cm³/mol. The molecule has 0 radical (unpaired) electrons. The van der Waals surface area contributed by atoms with Crippen LogP contribution < -0.4 is 5.32 Å². The number of benzene rings is 1. The summed E-state index contributed by atoms with van der Waals surface area (Å²) in [6, 6.07) is 9.11. The fourth-order valence-electron chi connectivity index (χ4n) is 2.90. The number of nitrogens with one attached hydrogen (secondary N) is 1. The van der Waals surface area contributed by atoms with Crippen LogP contribution in [0.2, 0.25) is 0 Å². The first-order valence-corrected chi connectivity index (χ1v) is 8.76. The fraction of sp³-hybridized carbons (Fsp3) is 0.389. The van der Waals surface area contributed by atoms with Gasteiger partial charge in [-0.3, -0.25) is 4.99 Å². The van der Waals surface area contributed by atoms with Crippen molar-refractivity contribution in [3.63, 3.8) is 0 Å². The maximum absolute atomic E-state index is 13.5. The van der Waals surface area contributed by atoms with Crippen molar-refractivity contribution in [1.82, 2.24) is 10.2 Å². The number of aliphatic imine (C=N–C) groups is 1. The second-order valence-electron chi connectivity index (χ2n) is 6.18. The molecule has 24 heavy (non-hydrogen) atoms. The van der Waals surface area contributed by atoms with Gasteiger partial charge in [-0.15, -0.1) is 24.0 Å². The van der Waals surface area contributed by atoms with E-state index in [9.17, 15) is 4.39 Å². The molecule has 3 rings (SSSR count). The number of hydrogen-bond donors (Lipinski definition) is 1. The van der Waals surface area contributed by atoms with Crippen LogP contribution in [0.15, 0.2) is 46.1 Å². The van der Waals surface area contributed by atoms with Gasteiger partial charge in [0.15, 0.2) is 5.96 Å². The standard InChI is InChI=1S/C18H22FN3S.HI/c1-20-17(22(2)11-14-6-9-23-12-14)21-13-18(7-8-18)15-4-3-5-16(19)10-15;/h3-6,9-10,12H,7-8,11,13H2,1-2H3,(H,20,21);1H. The van der Waals surface area contributed by atoms with Crippen LogP contribution >= 0.6 is 35.3 Å². The lowest BCUT2D eigenvalue weighted by Gasteiger charge is -2.24. The summed E-state index contributed by atoms with van der Waals surface area (Å²) in [6.07, 6.45) is 2.18. The Morgan fingerprint density at radius 3 is 2.75 bits per heavy atom. The molecule has 0 saturated heterocycles. The van der Waals surface area contributed by atoms with E-state index in [1.54, 1.807) is 30.5 Å². The van der Waals surface area contributed by atoms with Gasteiger partial charge in [0, 0.05) is 32.6 Å². The minimum atomic E-state index is -0.160. The molecule has 1 heterocycles. The molecular weight excluding hydrogens is 436 g/mol. The lowest BCUT2D eigenvalue weighted by Crippen LogP contribution is -2.42. The van der Waals surface area contributed by atoms with Gasteiger partial charge in [-0.2, -0.15) is 11.3 Å². The zero-order valence-corrected chi connectivity index (χ0v) is 17.1. The van der Waals surface area contributed by atoms with Gasteiger partial charge < -0.3 is 10.2 Å². The van der Waals surface area contributed by atoms with Crippen LogP contribution in [0, 0.1) is 5.82 Å². The normalized spacial score (nSPS) is 15.5. The third-order valence-corrected chi connectivity index (χ3v) is 5.18. The number of nitrogens with zero attached hydrogens (tertiary/aromatic N) is 2.